The van der Waals surface area contributed by atoms with Crippen molar-refractivity contribution in [3.63, 3.8) is 0 Å². The van der Waals surface area contributed by atoms with Crippen LogP contribution in [-0.2, 0) is 0 Å². The Kier molecular flexibility index (Phi) is 3.63. The molecule has 2 rings (SSSR count). The highest BCUT2D eigenvalue weighted by molar-refractivity contribution is 7.80. The van der Waals surface area contributed by atoms with Gasteiger partial charge in [0.05, 0.1) is 4.99 Å². The van der Waals surface area contributed by atoms with Crippen molar-refractivity contribution in [2.45, 2.75) is 37.9 Å². The van der Waals surface area contributed by atoms with Gasteiger partial charge in [0, 0.05) is 19.1 Å². The van der Waals surface area contributed by atoms with Gasteiger partial charge in [-0.05, 0) is 31.6 Å². The molecular formula is C11H17F3N2S. The van der Waals surface area contributed by atoms with E-state index in [1.54, 1.807) is 0 Å². The summed E-state index contributed by atoms with van der Waals surface area (Å²) in [6.45, 7) is 0.722. The van der Waals surface area contributed by atoms with Crippen molar-refractivity contribution in [1.82, 2.24) is 4.90 Å². The second kappa shape index (κ2) is 4.72. The van der Waals surface area contributed by atoms with E-state index in [0.29, 0.717) is 12.0 Å². The molecule has 0 aromatic carbocycles. The zero-order chi connectivity index (χ0) is 12.6. The molecule has 2 nitrogen and oxygen atoms in total. The molecule has 2 aliphatic rings. The van der Waals surface area contributed by atoms with E-state index in [1.165, 1.54) is 0 Å². The summed E-state index contributed by atoms with van der Waals surface area (Å²) >= 11 is 4.55. The van der Waals surface area contributed by atoms with E-state index in [2.05, 4.69) is 12.2 Å². The van der Waals surface area contributed by atoms with Gasteiger partial charge in [-0.15, -0.1) is 0 Å². The molecule has 0 spiro atoms. The fourth-order valence-electron chi connectivity index (χ4n) is 2.03. The highest BCUT2D eigenvalue weighted by Crippen LogP contribution is 2.37. The molecule has 17 heavy (non-hydrogen) atoms. The maximum Gasteiger partial charge on any atom is 0.399 e. The third-order valence-corrected chi connectivity index (χ3v) is 3.69. The molecule has 0 aliphatic heterocycles. The van der Waals surface area contributed by atoms with Gasteiger partial charge in [0.25, 0.3) is 0 Å². The molecule has 98 valence electrons. The van der Waals surface area contributed by atoms with Crippen LogP contribution in [0.1, 0.15) is 25.7 Å². The molecule has 0 aromatic heterocycles. The summed E-state index contributed by atoms with van der Waals surface area (Å²) in [5.41, 5.74) is 5.22. The number of thiocarbonyl (C=S) groups is 1. The normalized spacial score (nSPS) is 22.8. The minimum atomic E-state index is -4.32. The van der Waals surface area contributed by atoms with Crippen molar-refractivity contribution in [3.05, 3.63) is 0 Å². The van der Waals surface area contributed by atoms with E-state index in [4.69, 9.17) is 5.73 Å². The topological polar surface area (TPSA) is 29.3 Å². The van der Waals surface area contributed by atoms with Gasteiger partial charge in [-0.2, -0.15) is 13.2 Å². The monoisotopic (exact) mass is 266 g/mol. The van der Waals surface area contributed by atoms with Gasteiger partial charge in [-0.1, -0.05) is 12.2 Å². The Balaban J connectivity index is 1.95. The Morgan fingerprint density at radius 2 is 1.88 bits per heavy atom. The standard InChI is InChI=1S/C11H17F3N2S/c12-11(13,14)9(10(15)17)6-16(8-3-4-8)5-7-1-2-7/h7-9H,1-6H2,(H2,15,17). The van der Waals surface area contributed by atoms with Crippen molar-refractivity contribution in [2.24, 2.45) is 17.6 Å². The molecular weight excluding hydrogens is 249 g/mol. The summed E-state index contributed by atoms with van der Waals surface area (Å²) in [6, 6.07) is 0.329. The van der Waals surface area contributed by atoms with Gasteiger partial charge in [0.2, 0.25) is 0 Å². The molecule has 2 saturated carbocycles. The van der Waals surface area contributed by atoms with Gasteiger partial charge < -0.3 is 5.73 Å². The van der Waals surface area contributed by atoms with Crippen LogP contribution in [-0.4, -0.2) is 35.2 Å². The Bertz CT molecular complexity index is 298. The van der Waals surface area contributed by atoms with Gasteiger partial charge in [-0.25, -0.2) is 0 Å². The summed E-state index contributed by atoms with van der Waals surface area (Å²) < 4.78 is 38.3. The first-order valence-electron chi connectivity index (χ1n) is 5.98. The highest BCUT2D eigenvalue weighted by atomic mass is 32.1. The fourth-order valence-corrected chi connectivity index (χ4v) is 2.24. The van der Waals surface area contributed by atoms with Crippen LogP contribution in [0.3, 0.4) is 0 Å². The van der Waals surface area contributed by atoms with E-state index in [-0.39, 0.29) is 6.54 Å². The van der Waals surface area contributed by atoms with Crippen molar-refractivity contribution in [3.8, 4) is 0 Å². The first kappa shape index (κ1) is 13.1. The number of hydrogen-bond donors (Lipinski definition) is 1. The van der Waals surface area contributed by atoms with Gasteiger partial charge in [0.15, 0.2) is 0 Å². The van der Waals surface area contributed by atoms with E-state index < -0.39 is 17.1 Å². The molecule has 2 N–H and O–H groups in total. The molecule has 1 atom stereocenters. The Morgan fingerprint density at radius 1 is 1.29 bits per heavy atom. The average molecular weight is 266 g/mol. The minimum Gasteiger partial charge on any atom is -0.393 e. The van der Waals surface area contributed by atoms with Crippen LogP contribution >= 0.6 is 12.2 Å². The predicted octanol–water partition coefficient (Wildman–Crippen LogP) is 2.33. The van der Waals surface area contributed by atoms with Crippen LogP contribution < -0.4 is 5.73 Å². The maximum atomic E-state index is 12.8. The lowest BCUT2D eigenvalue weighted by Gasteiger charge is -2.28. The Labute approximate surface area is 104 Å². The Hall–Kier alpha value is -0.360. The van der Waals surface area contributed by atoms with E-state index in [1.807, 2.05) is 4.90 Å². The molecule has 0 amide bonds. The number of rotatable bonds is 6. The average Bonchev–Trinajstić information content (AvgIpc) is 2.99. The smallest absolute Gasteiger partial charge is 0.393 e. The molecule has 6 heteroatoms. The Morgan fingerprint density at radius 3 is 2.24 bits per heavy atom. The molecule has 2 aliphatic carbocycles. The largest absolute Gasteiger partial charge is 0.399 e. The van der Waals surface area contributed by atoms with E-state index >= 15 is 0 Å². The molecule has 0 saturated heterocycles. The number of halogens is 3. The van der Waals surface area contributed by atoms with Crippen LogP contribution in [0.4, 0.5) is 13.2 Å². The summed E-state index contributed by atoms with van der Waals surface area (Å²) in [7, 11) is 0. The zero-order valence-electron chi connectivity index (χ0n) is 9.54. The van der Waals surface area contributed by atoms with Crippen molar-refractivity contribution in [2.75, 3.05) is 13.1 Å². The van der Waals surface area contributed by atoms with Crippen LogP contribution in [0.5, 0.6) is 0 Å². The third kappa shape index (κ3) is 3.81. The number of nitrogens with zero attached hydrogens (tertiary/aromatic N) is 1. The maximum absolute atomic E-state index is 12.8. The molecule has 0 aromatic rings. The molecule has 0 radical (unpaired) electrons. The summed E-state index contributed by atoms with van der Waals surface area (Å²) in [5.74, 6) is -1.06. The van der Waals surface area contributed by atoms with Crippen LogP contribution in [0, 0.1) is 11.8 Å². The first-order valence-corrected chi connectivity index (χ1v) is 6.39. The number of hydrogen-bond acceptors (Lipinski definition) is 2. The molecule has 2 fully saturated rings. The second-order valence-electron chi connectivity index (χ2n) is 5.13. The van der Waals surface area contributed by atoms with Crippen LogP contribution in [0.15, 0.2) is 0 Å². The van der Waals surface area contributed by atoms with E-state index in [0.717, 1.165) is 32.2 Å². The van der Waals surface area contributed by atoms with Gasteiger partial charge >= 0.3 is 6.18 Å². The fraction of sp³-hybridized carbons (Fsp3) is 0.909. The van der Waals surface area contributed by atoms with Crippen molar-refractivity contribution < 1.29 is 13.2 Å². The van der Waals surface area contributed by atoms with Crippen LogP contribution in [0.2, 0.25) is 0 Å². The predicted molar refractivity (Wildman–Crippen MR) is 63.6 cm³/mol. The minimum absolute atomic E-state index is 0.0556. The van der Waals surface area contributed by atoms with Crippen molar-refractivity contribution >= 4 is 17.2 Å². The molecule has 1 unspecified atom stereocenters. The molecule has 0 heterocycles. The summed E-state index contributed by atoms with van der Waals surface area (Å²) in [5, 5.41) is 0. The summed E-state index contributed by atoms with van der Waals surface area (Å²) in [4.78, 5) is 1.51. The van der Waals surface area contributed by atoms with Crippen molar-refractivity contribution in [1.29, 1.82) is 0 Å². The highest BCUT2D eigenvalue weighted by Gasteiger charge is 2.45. The lowest BCUT2D eigenvalue weighted by molar-refractivity contribution is -0.159. The second-order valence-corrected chi connectivity index (χ2v) is 5.60. The lowest BCUT2D eigenvalue weighted by atomic mass is 10.1. The van der Waals surface area contributed by atoms with Crippen LogP contribution in [0.25, 0.3) is 0 Å². The number of nitrogens with two attached hydrogens (primary N) is 1. The van der Waals surface area contributed by atoms with E-state index in [9.17, 15) is 13.2 Å². The zero-order valence-corrected chi connectivity index (χ0v) is 10.4. The lowest BCUT2D eigenvalue weighted by Crippen LogP contribution is -2.44. The third-order valence-electron chi connectivity index (χ3n) is 3.41. The first-order chi connectivity index (χ1) is 7.88. The van der Waals surface area contributed by atoms with Gasteiger partial charge in [-0.3, -0.25) is 4.90 Å². The molecule has 0 bridgehead atoms. The summed E-state index contributed by atoms with van der Waals surface area (Å²) in [6.07, 6.45) is -0.00820. The quantitative estimate of drug-likeness (QED) is 0.748. The SMILES string of the molecule is NC(=S)C(CN(CC1CC1)C1CC1)C(F)(F)F. The number of alkyl halides is 3. The van der Waals surface area contributed by atoms with Gasteiger partial charge in [0.1, 0.15) is 5.92 Å².